The van der Waals surface area contributed by atoms with Crippen LogP contribution >= 0.6 is 0 Å². The molecule has 0 unspecified atom stereocenters. The molecule has 0 aliphatic heterocycles. The van der Waals surface area contributed by atoms with E-state index in [0.717, 1.165) is 37.8 Å². The van der Waals surface area contributed by atoms with Crippen LogP contribution in [-0.2, 0) is 13.0 Å². The molecule has 0 saturated heterocycles. The van der Waals surface area contributed by atoms with Crippen LogP contribution in [0.25, 0.3) is 0 Å². The van der Waals surface area contributed by atoms with Crippen LogP contribution in [0.3, 0.4) is 0 Å². The molecule has 0 aliphatic rings. The highest BCUT2D eigenvalue weighted by Crippen LogP contribution is 2.12. The normalized spacial score (nSPS) is 10.8. The molecular weight excluding hydrogens is 254 g/mol. The first kappa shape index (κ1) is 16.5. The highest BCUT2D eigenvalue weighted by molar-refractivity contribution is 5.96. The largest absolute Gasteiger partial charge is 0.302 e. The molecule has 0 aromatic carbocycles. The lowest BCUT2D eigenvalue weighted by Crippen LogP contribution is -2.28. The fourth-order valence-electron chi connectivity index (χ4n) is 2.31. The van der Waals surface area contributed by atoms with Crippen molar-refractivity contribution in [2.75, 3.05) is 0 Å². The van der Waals surface area contributed by atoms with Crippen molar-refractivity contribution in [1.29, 1.82) is 0 Å². The van der Waals surface area contributed by atoms with E-state index in [0.29, 0.717) is 13.0 Å². The van der Waals surface area contributed by atoms with Crippen molar-refractivity contribution < 1.29 is 4.79 Å². The second kappa shape index (κ2) is 8.61. The number of Topliss-reactive ketones (excluding diaryl/α,β-unsaturated/α-hetero) is 1. The van der Waals surface area contributed by atoms with Crippen LogP contribution in [0.5, 0.6) is 0 Å². The summed E-state index contributed by atoms with van der Waals surface area (Å²) < 4.78 is 1.69. The van der Waals surface area contributed by atoms with Crippen LogP contribution in [-0.4, -0.2) is 20.8 Å². The molecule has 0 fully saturated rings. The molecule has 1 aromatic rings. The van der Waals surface area contributed by atoms with Gasteiger partial charge in [0, 0.05) is 13.0 Å². The summed E-state index contributed by atoms with van der Waals surface area (Å²) in [6.07, 6.45) is 6.28. The van der Waals surface area contributed by atoms with E-state index in [4.69, 9.17) is 0 Å². The average molecular weight is 279 g/mol. The van der Waals surface area contributed by atoms with Gasteiger partial charge >= 0.3 is 5.56 Å². The van der Waals surface area contributed by atoms with E-state index in [-0.39, 0.29) is 11.3 Å². The molecule has 0 radical (unpaired) electrons. The van der Waals surface area contributed by atoms with Gasteiger partial charge in [-0.15, -0.1) is 0 Å². The van der Waals surface area contributed by atoms with Gasteiger partial charge in [-0.1, -0.05) is 43.4 Å². The van der Waals surface area contributed by atoms with Crippen molar-refractivity contribution in [2.24, 2.45) is 0 Å². The number of rotatable bonds is 9. The number of aromatic nitrogens is 3. The van der Waals surface area contributed by atoms with Crippen molar-refractivity contribution in [3.63, 3.8) is 0 Å². The third-order valence-electron chi connectivity index (χ3n) is 3.38. The average Bonchev–Trinajstić information content (AvgIpc) is 2.44. The SMILES string of the molecule is CCCCCCc1c(C(=O)CCC)c(=O)nnn1CC. The van der Waals surface area contributed by atoms with Crippen LogP contribution in [0.4, 0.5) is 0 Å². The Hall–Kier alpha value is -1.52. The lowest BCUT2D eigenvalue weighted by atomic mass is 10.0. The maximum atomic E-state index is 12.2. The van der Waals surface area contributed by atoms with Gasteiger partial charge in [0.2, 0.25) is 0 Å². The van der Waals surface area contributed by atoms with E-state index < -0.39 is 5.56 Å². The Balaban J connectivity index is 3.05. The lowest BCUT2D eigenvalue weighted by Gasteiger charge is -2.12. The first-order valence-electron chi connectivity index (χ1n) is 7.65. The summed E-state index contributed by atoms with van der Waals surface area (Å²) in [5, 5.41) is 7.50. The highest BCUT2D eigenvalue weighted by Gasteiger charge is 2.19. The third kappa shape index (κ3) is 4.25. The second-order valence-electron chi connectivity index (χ2n) is 5.02. The molecule has 0 aliphatic carbocycles. The zero-order chi connectivity index (χ0) is 15.0. The molecule has 0 spiro atoms. The van der Waals surface area contributed by atoms with Crippen molar-refractivity contribution in [3.05, 3.63) is 21.6 Å². The maximum Gasteiger partial charge on any atom is 0.302 e. The Morgan fingerprint density at radius 1 is 1.10 bits per heavy atom. The van der Waals surface area contributed by atoms with Gasteiger partial charge in [-0.05, 0) is 26.2 Å². The molecular formula is C15H25N3O2. The first-order valence-corrected chi connectivity index (χ1v) is 7.65. The predicted molar refractivity (Wildman–Crippen MR) is 79.1 cm³/mol. The number of nitrogens with zero attached hydrogens (tertiary/aromatic N) is 3. The van der Waals surface area contributed by atoms with E-state index in [1.54, 1.807) is 4.68 Å². The topological polar surface area (TPSA) is 64.8 Å². The maximum absolute atomic E-state index is 12.2. The molecule has 0 bridgehead atoms. The van der Waals surface area contributed by atoms with E-state index >= 15 is 0 Å². The quantitative estimate of drug-likeness (QED) is 0.515. The molecule has 112 valence electrons. The van der Waals surface area contributed by atoms with Gasteiger partial charge in [0.15, 0.2) is 5.78 Å². The highest BCUT2D eigenvalue weighted by atomic mass is 16.1. The monoisotopic (exact) mass is 279 g/mol. The summed E-state index contributed by atoms with van der Waals surface area (Å²) in [4.78, 5) is 24.1. The zero-order valence-electron chi connectivity index (χ0n) is 12.8. The minimum absolute atomic E-state index is 0.0971. The Morgan fingerprint density at radius 3 is 2.45 bits per heavy atom. The summed E-state index contributed by atoms with van der Waals surface area (Å²) in [6.45, 7) is 6.67. The number of hydrogen-bond acceptors (Lipinski definition) is 4. The van der Waals surface area contributed by atoms with Crippen LogP contribution in [0.2, 0.25) is 0 Å². The van der Waals surface area contributed by atoms with Crippen LogP contribution in [0, 0.1) is 0 Å². The number of unbranched alkanes of at least 4 members (excludes halogenated alkanes) is 3. The van der Waals surface area contributed by atoms with Gasteiger partial charge in [-0.2, -0.15) is 0 Å². The van der Waals surface area contributed by atoms with Gasteiger partial charge in [0.1, 0.15) is 5.56 Å². The van der Waals surface area contributed by atoms with Crippen molar-refractivity contribution in [1.82, 2.24) is 15.0 Å². The molecule has 0 N–H and O–H groups in total. The predicted octanol–water partition coefficient (Wildman–Crippen LogP) is 2.76. The van der Waals surface area contributed by atoms with E-state index in [1.807, 2.05) is 13.8 Å². The van der Waals surface area contributed by atoms with Crippen LogP contribution in [0.1, 0.15) is 75.3 Å². The molecule has 5 heteroatoms. The Labute approximate surface area is 120 Å². The molecule has 1 rings (SSSR count). The van der Waals surface area contributed by atoms with Crippen LogP contribution in [0.15, 0.2) is 4.79 Å². The zero-order valence-corrected chi connectivity index (χ0v) is 12.8. The summed E-state index contributed by atoms with van der Waals surface area (Å²) >= 11 is 0. The minimum Gasteiger partial charge on any atom is -0.294 e. The fourth-order valence-corrected chi connectivity index (χ4v) is 2.31. The third-order valence-corrected chi connectivity index (χ3v) is 3.38. The number of carbonyl (C=O) groups is 1. The van der Waals surface area contributed by atoms with E-state index in [9.17, 15) is 9.59 Å². The van der Waals surface area contributed by atoms with Gasteiger partial charge < -0.3 is 0 Å². The van der Waals surface area contributed by atoms with Crippen molar-refractivity contribution in [3.8, 4) is 0 Å². The van der Waals surface area contributed by atoms with E-state index in [2.05, 4.69) is 17.2 Å². The molecule has 1 heterocycles. The number of carbonyl (C=O) groups excluding carboxylic acids is 1. The van der Waals surface area contributed by atoms with Crippen molar-refractivity contribution >= 4 is 5.78 Å². The molecule has 0 amide bonds. The molecule has 0 saturated carbocycles. The standard InChI is InChI=1S/C15H25N3O2/c1-4-7-8-9-11-12-14(13(19)10-5-2)15(20)16-17-18(12)6-3/h4-11H2,1-3H3. The lowest BCUT2D eigenvalue weighted by molar-refractivity contribution is 0.0977. The number of hydrogen-bond donors (Lipinski definition) is 0. The first-order chi connectivity index (χ1) is 9.65. The summed E-state index contributed by atoms with van der Waals surface area (Å²) in [7, 11) is 0. The number of aryl methyl sites for hydroxylation is 1. The van der Waals surface area contributed by atoms with Crippen LogP contribution < -0.4 is 5.56 Å². The minimum atomic E-state index is -0.473. The molecule has 0 atom stereocenters. The Bertz CT molecular complexity index is 494. The molecule has 1 aromatic heterocycles. The van der Waals surface area contributed by atoms with E-state index in [1.165, 1.54) is 6.42 Å². The van der Waals surface area contributed by atoms with Gasteiger partial charge in [0.25, 0.3) is 0 Å². The van der Waals surface area contributed by atoms with Gasteiger partial charge in [-0.3, -0.25) is 14.3 Å². The summed E-state index contributed by atoms with van der Waals surface area (Å²) in [5.74, 6) is -0.0971. The molecule has 5 nitrogen and oxygen atoms in total. The van der Waals surface area contributed by atoms with Gasteiger partial charge in [0.05, 0.1) is 5.69 Å². The summed E-state index contributed by atoms with van der Waals surface area (Å²) in [5.41, 5.74) is 0.556. The smallest absolute Gasteiger partial charge is 0.294 e. The fraction of sp³-hybridized carbons (Fsp3) is 0.733. The number of ketones is 1. The molecule has 20 heavy (non-hydrogen) atoms. The summed E-state index contributed by atoms with van der Waals surface area (Å²) in [6, 6.07) is 0. The second-order valence-corrected chi connectivity index (χ2v) is 5.02. The Morgan fingerprint density at radius 2 is 1.85 bits per heavy atom. The van der Waals surface area contributed by atoms with Gasteiger partial charge in [-0.25, -0.2) is 0 Å². The van der Waals surface area contributed by atoms with Crippen molar-refractivity contribution in [2.45, 2.75) is 72.3 Å². The Kier molecular flexibility index (Phi) is 7.12.